The molecule has 8 heteroatoms. The van der Waals surface area contributed by atoms with E-state index in [0.717, 1.165) is 42.9 Å². The minimum Gasteiger partial charge on any atom is -0.472 e. The lowest BCUT2D eigenvalue weighted by molar-refractivity contribution is 0.180. The molecule has 0 unspecified atom stereocenters. The second-order valence-electron chi connectivity index (χ2n) is 6.47. The van der Waals surface area contributed by atoms with Crippen LogP contribution in [0.5, 0.6) is 0 Å². The number of aromatic amines is 1. The Morgan fingerprint density at radius 1 is 1.35 bits per heavy atom. The third-order valence-corrected chi connectivity index (χ3v) is 4.79. The summed E-state index contributed by atoms with van der Waals surface area (Å²) in [6.45, 7) is 2.68. The molecule has 0 aliphatic carbocycles. The predicted octanol–water partition coefficient (Wildman–Crippen LogP) is 2.46. The Bertz CT molecular complexity index is 816. The summed E-state index contributed by atoms with van der Waals surface area (Å²) in [5.74, 6) is 1.44. The number of imidazole rings is 1. The summed E-state index contributed by atoms with van der Waals surface area (Å²) >= 11 is 0. The number of aromatic nitrogens is 4. The molecule has 1 fully saturated rings. The third-order valence-electron chi connectivity index (χ3n) is 4.79. The lowest BCUT2D eigenvalue weighted by Gasteiger charge is -2.31. The molecule has 2 N–H and O–H groups in total. The van der Waals surface area contributed by atoms with Crippen LogP contribution in [-0.4, -0.2) is 50.3 Å². The van der Waals surface area contributed by atoms with Crippen molar-refractivity contribution >= 4 is 6.03 Å². The maximum atomic E-state index is 12.3. The zero-order valence-electron chi connectivity index (χ0n) is 14.5. The summed E-state index contributed by atoms with van der Waals surface area (Å²) in [6.07, 6.45) is 12.6. The van der Waals surface area contributed by atoms with Crippen molar-refractivity contribution < 1.29 is 9.21 Å². The van der Waals surface area contributed by atoms with Crippen molar-refractivity contribution in [1.82, 2.24) is 30.0 Å². The SMILES string of the molecule is O=C(NCCn1cc(-c2ccoc2)cn1)N1CCC(c2ncc[nH]2)CC1. The molecule has 0 bridgehead atoms. The summed E-state index contributed by atoms with van der Waals surface area (Å²) in [4.78, 5) is 21.7. The number of hydrogen-bond acceptors (Lipinski definition) is 4. The van der Waals surface area contributed by atoms with E-state index in [9.17, 15) is 4.79 Å². The van der Waals surface area contributed by atoms with Gasteiger partial charge < -0.3 is 19.6 Å². The molecule has 0 radical (unpaired) electrons. The molecule has 26 heavy (non-hydrogen) atoms. The van der Waals surface area contributed by atoms with Gasteiger partial charge in [-0.05, 0) is 18.9 Å². The van der Waals surface area contributed by atoms with Gasteiger partial charge in [0.1, 0.15) is 5.82 Å². The second-order valence-corrected chi connectivity index (χ2v) is 6.47. The van der Waals surface area contributed by atoms with E-state index in [1.54, 1.807) is 24.9 Å². The average molecular weight is 354 g/mol. The van der Waals surface area contributed by atoms with Crippen LogP contribution < -0.4 is 5.32 Å². The van der Waals surface area contributed by atoms with E-state index >= 15 is 0 Å². The molecule has 3 aromatic rings. The lowest BCUT2D eigenvalue weighted by Crippen LogP contribution is -2.45. The second kappa shape index (κ2) is 7.47. The van der Waals surface area contributed by atoms with Gasteiger partial charge in [0.05, 0.1) is 25.3 Å². The normalized spacial score (nSPS) is 15.3. The largest absolute Gasteiger partial charge is 0.472 e. The quantitative estimate of drug-likeness (QED) is 0.736. The number of H-pyrrole nitrogens is 1. The minimum absolute atomic E-state index is 0.00916. The summed E-state index contributed by atoms with van der Waals surface area (Å²) in [6, 6.07) is 1.89. The molecule has 8 nitrogen and oxygen atoms in total. The van der Waals surface area contributed by atoms with E-state index in [4.69, 9.17) is 4.42 Å². The Hall–Kier alpha value is -3.03. The number of urea groups is 1. The van der Waals surface area contributed by atoms with Crippen LogP contribution in [0.3, 0.4) is 0 Å². The van der Waals surface area contributed by atoms with Gasteiger partial charge >= 0.3 is 6.03 Å². The lowest BCUT2D eigenvalue weighted by atomic mass is 9.96. The molecule has 0 spiro atoms. The van der Waals surface area contributed by atoms with Crippen LogP contribution in [0.4, 0.5) is 4.79 Å². The van der Waals surface area contributed by atoms with Crippen molar-refractivity contribution in [1.29, 1.82) is 0 Å². The average Bonchev–Trinajstić information content (AvgIpc) is 3.43. The van der Waals surface area contributed by atoms with Crippen LogP contribution in [0.2, 0.25) is 0 Å². The highest BCUT2D eigenvalue weighted by Crippen LogP contribution is 2.25. The van der Waals surface area contributed by atoms with Gasteiger partial charge in [-0.2, -0.15) is 5.10 Å². The molecular weight excluding hydrogens is 332 g/mol. The standard InChI is InChI=1S/C18H22N6O2/c25-18(23-7-1-14(2-8-23)17-19-4-5-20-17)21-6-9-24-12-16(11-22-24)15-3-10-26-13-15/h3-5,10-14H,1-2,6-9H2,(H,19,20)(H,21,25). The summed E-state index contributed by atoms with van der Waals surface area (Å²) in [5.41, 5.74) is 2.00. The Morgan fingerprint density at radius 3 is 2.96 bits per heavy atom. The fraction of sp³-hybridized carbons (Fsp3) is 0.389. The van der Waals surface area contributed by atoms with Gasteiger partial charge in [-0.15, -0.1) is 0 Å². The minimum atomic E-state index is -0.00916. The van der Waals surface area contributed by atoms with Gasteiger partial charge in [-0.3, -0.25) is 4.68 Å². The molecule has 0 aromatic carbocycles. The Morgan fingerprint density at radius 2 is 2.23 bits per heavy atom. The van der Waals surface area contributed by atoms with Crippen molar-refractivity contribution in [3.63, 3.8) is 0 Å². The molecule has 2 amide bonds. The highest BCUT2D eigenvalue weighted by atomic mass is 16.3. The van der Waals surface area contributed by atoms with Crippen molar-refractivity contribution in [2.24, 2.45) is 0 Å². The molecule has 3 aromatic heterocycles. The first-order valence-electron chi connectivity index (χ1n) is 8.86. The van der Waals surface area contributed by atoms with Crippen molar-refractivity contribution in [2.45, 2.75) is 25.3 Å². The molecule has 0 saturated carbocycles. The number of rotatable bonds is 5. The van der Waals surface area contributed by atoms with Crippen LogP contribution in [0.15, 0.2) is 47.8 Å². The van der Waals surface area contributed by atoms with Gasteiger partial charge in [0, 0.05) is 55.3 Å². The predicted molar refractivity (Wildman–Crippen MR) is 95.5 cm³/mol. The van der Waals surface area contributed by atoms with Crippen LogP contribution in [0, 0.1) is 0 Å². The summed E-state index contributed by atoms with van der Waals surface area (Å²) < 4.78 is 6.91. The molecule has 4 heterocycles. The van der Waals surface area contributed by atoms with Crippen molar-refractivity contribution in [3.8, 4) is 11.1 Å². The number of furan rings is 1. The molecule has 1 saturated heterocycles. The molecule has 0 atom stereocenters. The van der Waals surface area contributed by atoms with E-state index in [2.05, 4.69) is 20.4 Å². The van der Waals surface area contributed by atoms with Crippen LogP contribution in [0.1, 0.15) is 24.6 Å². The molecular formula is C18H22N6O2. The van der Waals surface area contributed by atoms with E-state index < -0.39 is 0 Å². The molecule has 136 valence electrons. The Kier molecular flexibility index (Phi) is 4.72. The van der Waals surface area contributed by atoms with E-state index in [-0.39, 0.29) is 6.03 Å². The fourth-order valence-corrected chi connectivity index (χ4v) is 3.31. The molecule has 1 aliphatic rings. The number of nitrogens with one attached hydrogen (secondary N) is 2. The fourth-order valence-electron chi connectivity index (χ4n) is 3.31. The van der Waals surface area contributed by atoms with Crippen molar-refractivity contribution in [3.05, 3.63) is 49.2 Å². The topological polar surface area (TPSA) is 92.0 Å². The van der Waals surface area contributed by atoms with Gasteiger partial charge in [0.25, 0.3) is 0 Å². The highest BCUT2D eigenvalue weighted by molar-refractivity contribution is 5.74. The summed E-state index contributed by atoms with van der Waals surface area (Å²) in [5, 5.41) is 7.30. The number of nitrogens with zero attached hydrogens (tertiary/aromatic N) is 4. The molecule has 1 aliphatic heterocycles. The maximum Gasteiger partial charge on any atom is 0.317 e. The number of hydrogen-bond donors (Lipinski definition) is 2. The highest BCUT2D eigenvalue weighted by Gasteiger charge is 2.24. The zero-order valence-corrected chi connectivity index (χ0v) is 14.5. The Balaban J connectivity index is 1.21. The van der Waals surface area contributed by atoms with Gasteiger partial charge in [-0.1, -0.05) is 0 Å². The van der Waals surface area contributed by atoms with Gasteiger partial charge in [0.2, 0.25) is 0 Å². The van der Waals surface area contributed by atoms with E-state index in [1.807, 2.05) is 28.0 Å². The van der Waals surface area contributed by atoms with Crippen molar-refractivity contribution in [2.75, 3.05) is 19.6 Å². The first kappa shape index (κ1) is 16.4. The number of carbonyl (C=O) groups is 1. The first-order valence-corrected chi connectivity index (χ1v) is 8.86. The van der Waals surface area contributed by atoms with Gasteiger partial charge in [-0.25, -0.2) is 9.78 Å². The monoisotopic (exact) mass is 354 g/mol. The van der Waals surface area contributed by atoms with Gasteiger partial charge in [0.15, 0.2) is 0 Å². The van der Waals surface area contributed by atoms with E-state index in [0.29, 0.717) is 19.0 Å². The number of amides is 2. The van der Waals surface area contributed by atoms with Crippen LogP contribution in [-0.2, 0) is 6.54 Å². The number of piperidine rings is 1. The molecule has 4 rings (SSSR count). The van der Waals surface area contributed by atoms with Crippen LogP contribution >= 0.6 is 0 Å². The first-order chi connectivity index (χ1) is 12.8. The zero-order chi connectivity index (χ0) is 17.8. The Labute approximate surface area is 151 Å². The number of carbonyl (C=O) groups excluding carboxylic acids is 1. The van der Waals surface area contributed by atoms with Crippen LogP contribution in [0.25, 0.3) is 11.1 Å². The maximum absolute atomic E-state index is 12.3. The third kappa shape index (κ3) is 3.63. The smallest absolute Gasteiger partial charge is 0.317 e. The number of likely N-dealkylation sites (tertiary alicyclic amines) is 1. The summed E-state index contributed by atoms with van der Waals surface area (Å²) in [7, 11) is 0. The van der Waals surface area contributed by atoms with E-state index in [1.165, 1.54) is 0 Å².